The molecule has 4 rings (SSSR count). The summed E-state index contributed by atoms with van der Waals surface area (Å²) >= 11 is 0.290. The van der Waals surface area contributed by atoms with Crippen LogP contribution in [0.25, 0.3) is 10.0 Å². The molecule has 7 heteroatoms. The van der Waals surface area contributed by atoms with Crippen LogP contribution < -0.4 is 5.46 Å². The molecule has 2 aliphatic rings. The first-order chi connectivity index (χ1) is 12.1. The van der Waals surface area contributed by atoms with Crippen molar-refractivity contribution in [3.8, 4) is 10.0 Å². The molecule has 2 aliphatic heterocycles. The summed E-state index contributed by atoms with van der Waals surface area (Å²) in [6.07, 6.45) is 0. The monoisotopic (exact) mass is 419 g/mol. The van der Waals surface area contributed by atoms with Gasteiger partial charge in [-0.3, -0.25) is 0 Å². The molecule has 0 saturated carbocycles. The van der Waals surface area contributed by atoms with E-state index in [4.69, 9.17) is 9.31 Å². The van der Waals surface area contributed by atoms with Crippen LogP contribution in [-0.4, -0.2) is 55.6 Å². The SMILES string of the molecule is CC1(C)C(=O)O[B-]2(c3cccc(-c4ccc[se]4)c3)OC(=O)C(C)(C)[N+]21C. The van der Waals surface area contributed by atoms with E-state index in [2.05, 4.69) is 17.1 Å². The van der Waals surface area contributed by atoms with Gasteiger partial charge in [0.25, 0.3) is 0 Å². The molecule has 1 aromatic heterocycles. The molecule has 5 nitrogen and oxygen atoms in total. The van der Waals surface area contributed by atoms with Crippen molar-refractivity contribution in [3.63, 3.8) is 0 Å². The standard InChI is InChI=1S/C19H22BNO4Se/c1-18(2)16(22)24-20(21(18,5)19(3,4)17(23)25-20)14-9-6-8-13(12-14)15-10-7-11-26-15/h6-12H,1-5H3. The van der Waals surface area contributed by atoms with E-state index in [0.717, 1.165) is 11.0 Å². The number of hydrogen-bond acceptors (Lipinski definition) is 4. The number of benzene rings is 1. The molecule has 2 saturated heterocycles. The zero-order chi connectivity index (χ0) is 19.0. The number of carbonyl (C=O) groups excluding carboxylic acids is 2. The van der Waals surface area contributed by atoms with Gasteiger partial charge in [0.15, 0.2) is 0 Å². The van der Waals surface area contributed by atoms with Crippen molar-refractivity contribution >= 4 is 38.6 Å². The molecule has 2 aromatic rings. The van der Waals surface area contributed by atoms with Crippen LogP contribution in [0.1, 0.15) is 27.7 Å². The Morgan fingerprint density at radius 2 is 1.58 bits per heavy atom. The van der Waals surface area contributed by atoms with Crippen molar-refractivity contribution in [1.82, 2.24) is 0 Å². The second-order valence-electron chi connectivity index (χ2n) is 8.28. The van der Waals surface area contributed by atoms with Crippen LogP contribution in [0.15, 0.2) is 41.3 Å². The first-order valence-electron chi connectivity index (χ1n) is 8.70. The summed E-state index contributed by atoms with van der Waals surface area (Å²) < 4.78 is 13.2. The molecule has 0 N–H and O–H groups in total. The quantitative estimate of drug-likeness (QED) is 0.697. The molecule has 136 valence electrons. The molecule has 0 atom stereocenters. The zero-order valence-corrected chi connectivity index (χ0v) is 17.3. The number of hydrogen-bond donors (Lipinski definition) is 0. The predicted molar refractivity (Wildman–Crippen MR) is 101 cm³/mol. The van der Waals surface area contributed by atoms with Gasteiger partial charge in [-0.15, -0.1) is 0 Å². The van der Waals surface area contributed by atoms with Gasteiger partial charge in [-0.25, -0.2) is 0 Å². The fraction of sp³-hybridized carbons (Fsp3) is 0.368. The van der Waals surface area contributed by atoms with Crippen molar-refractivity contribution in [2.45, 2.75) is 38.8 Å². The van der Waals surface area contributed by atoms with E-state index in [0.29, 0.717) is 14.5 Å². The molecule has 0 bridgehead atoms. The molecule has 2 fully saturated rings. The molecular weight excluding hydrogens is 396 g/mol. The van der Waals surface area contributed by atoms with E-state index in [-0.39, 0.29) is 16.3 Å². The van der Waals surface area contributed by atoms with Crippen molar-refractivity contribution in [3.05, 3.63) is 41.3 Å². The van der Waals surface area contributed by atoms with Crippen LogP contribution in [0.5, 0.6) is 0 Å². The van der Waals surface area contributed by atoms with E-state index in [1.165, 1.54) is 4.44 Å². The number of fused-ring (bicyclic) bond motifs is 1. The van der Waals surface area contributed by atoms with Gasteiger partial charge in [0.1, 0.15) is 0 Å². The maximum absolute atomic E-state index is 12.8. The molecule has 26 heavy (non-hydrogen) atoms. The Hall–Kier alpha value is -1.82. The fourth-order valence-electron chi connectivity index (χ4n) is 4.54. The zero-order valence-electron chi connectivity index (χ0n) is 15.6. The number of likely N-dealkylation sites (N-methyl/N-ethyl adjacent to an activating group) is 1. The Kier molecular flexibility index (Phi) is 3.47. The molecule has 0 unspecified atom stereocenters. The first-order valence-corrected chi connectivity index (χ1v) is 10.5. The van der Waals surface area contributed by atoms with Gasteiger partial charge in [-0.1, -0.05) is 0 Å². The molecule has 0 spiro atoms. The summed E-state index contributed by atoms with van der Waals surface area (Å²) in [7, 11) is 1.91. The van der Waals surface area contributed by atoms with Crippen molar-refractivity contribution in [2.24, 2.45) is 0 Å². The second-order valence-corrected chi connectivity index (χ2v) is 10.3. The third kappa shape index (κ3) is 1.81. The van der Waals surface area contributed by atoms with Crippen LogP contribution in [0.3, 0.4) is 0 Å². The molecule has 0 amide bonds. The molecule has 0 aliphatic carbocycles. The Bertz CT molecular complexity index is 889. The summed E-state index contributed by atoms with van der Waals surface area (Å²) in [5, 5.41) is 0. The maximum atomic E-state index is 12.8. The van der Waals surface area contributed by atoms with Crippen LogP contribution in [0.4, 0.5) is 0 Å². The van der Waals surface area contributed by atoms with Crippen LogP contribution in [0.2, 0.25) is 0 Å². The summed E-state index contributed by atoms with van der Waals surface area (Å²) in [5.41, 5.74) is 0.0383. The number of nitrogens with zero attached hydrogens (tertiary/aromatic N) is 1. The first kappa shape index (κ1) is 17.6. The van der Waals surface area contributed by atoms with Gasteiger partial charge < -0.3 is 0 Å². The Morgan fingerprint density at radius 3 is 2.12 bits per heavy atom. The molecule has 1 aromatic carbocycles. The van der Waals surface area contributed by atoms with Crippen LogP contribution in [0, 0.1) is 0 Å². The summed E-state index contributed by atoms with van der Waals surface area (Å²) in [6, 6.07) is 12.1. The Balaban J connectivity index is 1.97. The fourth-order valence-corrected chi connectivity index (χ4v) is 6.06. The van der Waals surface area contributed by atoms with Gasteiger partial charge in [0.05, 0.1) is 0 Å². The molecule has 0 radical (unpaired) electrons. The normalized spacial score (nSPS) is 31.4. The van der Waals surface area contributed by atoms with Crippen LogP contribution in [-0.2, 0) is 18.9 Å². The van der Waals surface area contributed by atoms with Crippen molar-refractivity contribution < 1.29 is 23.3 Å². The van der Waals surface area contributed by atoms with Crippen molar-refractivity contribution in [2.75, 3.05) is 7.05 Å². The minimum atomic E-state index is -2.33. The second kappa shape index (κ2) is 5.13. The number of carbonyl (C=O) groups is 2. The summed E-state index contributed by atoms with van der Waals surface area (Å²) in [5.74, 6) is -0.672. The molecular formula is C19H22BNO4Se. The minimum absolute atomic E-state index is 0.0869. The third-order valence-electron chi connectivity index (χ3n) is 6.65. The van der Waals surface area contributed by atoms with E-state index < -0.39 is 17.8 Å². The third-order valence-corrected chi connectivity index (χ3v) is 8.58. The van der Waals surface area contributed by atoms with Crippen molar-refractivity contribution in [1.29, 1.82) is 0 Å². The van der Waals surface area contributed by atoms with Gasteiger partial charge >= 0.3 is 159 Å². The Morgan fingerprint density at radius 1 is 0.962 bits per heavy atom. The Labute approximate surface area is 159 Å². The van der Waals surface area contributed by atoms with Gasteiger partial charge in [-0.05, 0) is 0 Å². The van der Waals surface area contributed by atoms with Gasteiger partial charge in [-0.2, -0.15) is 0 Å². The van der Waals surface area contributed by atoms with E-state index >= 15 is 0 Å². The van der Waals surface area contributed by atoms with E-state index in [1.807, 2.05) is 59.0 Å². The van der Waals surface area contributed by atoms with Crippen LogP contribution >= 0.6 is 0 Å². The number of quaternary nitrogens is 1. The average molecular weight is 418 g/mol. The average Bonchev–Trinajstić information content (AvgIpc) is 3.22. The van der Waals surface area contributed by atoms with E-state index in [1.54, 1.807) is 0 Å². The van der Waals surface area contributed by atoms with Gasteiger partial charge in [0.2, 0.25) is 0 Å². The predicted octanol–water partition coefficient (Wildman–Crippen LogP) is 1.67. The van der Waals surface area contributed by atoms with E-state index in [9.17, 15) is 9.59 Å². The molecule has 3 heterocycles. The topological polar surface area (TPSA) is 52.6 Å². The summed E-state index contributed by atoms with van der Waals surface area (Å²) in [4.78, 5) is 27.8. The number of rotatable bonds is 2. The van der Waals surface area contributed by atoms with Gasteiger partial charge in [0, 0.05) is 0 Å². The summed E-state index contributed by atoms with van der Waals surface area (Å²) in [6.45, 7) is 5.00.